The average molecular weight is 295 g/mol. The standard InChI is InChI=1S/C18H21N3O/c1-20-12-13-21(14-17(20)15-8-4-2-5-9-15)18(22)19-16-10-6-3-7-11-16/h2-11,17H,12-14H2,1H3,(H,19,22). The molecule has 4 nitrogen and oxygen atoms in total. The first-order valence-corrected chi connectivity index (χ1v) is 7.60. The fourth-order valence-electron chi connectivity index (χ4n) is 2.82. The van der Waals surface area contributed by atoms with Crippen LogP contribution in [0.4, 0.5) is 10.5 Å². The van der Waals surface area contributed by atoms with E-state index in [4.69, 9.17) is 0 Å². The molecule has 0 bridgehead atoms. The zero-order valence-electron chi connectivity index (χ0n) is 12.8. The van der Waals surface area contributed by atoms with Crippen LogP contribution in [0.3, 0.4) is 0 Å². The quantitative estimate of drug-likeness (QED) is 0.923. The summed E-state index contributed by atoms with van der Waals surface area (Å²) in [4.78, 5) is 16.6. The van der Waals surface area contributed by atoms with E-state index in [9.17, 15) is 4.79 Å². The number of carbonyl (C=O) groups is 1. The summed E-state index contributed by atoms with van der Waals surface area (Å²) in [6, 6.07) is 20.2. The fourth-order valence-corrected chi connectivity index (χ4v) is 2.82. The molecule has 2 aromatic carbocycles. The minimum atomic E-state index is -0.0276. The van der Waals surface area contributed by atoms with E-state index in [2.05, 4.69) is 29.4 Å². The van der Waals surface area contributed by atoms with Crippen LogP contribution in [0.25, 0.3) is 0 Å². The molecule has 0 radical (unpaired) electrons. The predicted molar refractivity (Wildman–Crippen MR) is 88.8 cm³/mol. The lowest BCUT2D eigenvalue weighted by Gasteiger charge is -2.39. The van der Waals surface area contributed by atoms with Gasteiger partial charge < -0.3 is 10.2 Å². The smallest absolute Gasteiger partial charge is 0.321 e. The number of rotatable bonds is 2. The van der Waals surface area contributed by atoms with Crippen molar-refractivity contribution in [3.63, 3.8) is 0 Å². The first-order valence-electron chi connectivity index (χ1n) is 7.60. The second-order valence-electron chi connectivity index (χ2n) is 5.65. The summed E-state index contributed by atoms with van der Waals surface area (Å²) < 4.78 is 0. The van der Waals surface area contributed by atoms with Gasteiger partial charge in [-0.2, -0.15) is 0 Å². The van der Waals surface area contributed by atoms with Crippen LogP contribution >= 0.6 is 0 Å². The molecule has 1 aliphatic rings. The zero-order valence-corrected chi connectivity index (χ0v) is 12.8. The van der Waals surface area contributed by atoms with Crippen molar-refractivity contribution in [1.29, 1.82) is 0 Å². The molecule has 1 saturated heterocycles. The Hall–Kier alpha value is -2.33. The maximum atomic E-state index is 12.4. The Kier molecular flexibility index (Phi) is 4.39. The van der Waals surface area contributed by atoms with Gasteiger partial charge in [0.05, 0.1) is 6.04 Å². The van der Waals surface area contributed by atoms with Crippen molar-refractivity contribution < 1.29 is 4.79 Å². The van der Waals surface area contributed by atoms with Crippen molar-refractivity contribution in [1.82, 2.24) is 9.80 Å². The Morgan fingerprint density at radius 3 is 2.32 bits per heavy atom. The summed E-state index contributed by atoms with van der Waals surface area (Å²) in [7, 11) is 2.12. The molecule has 1 aliphatic heterocycles. The minimum absolute atomic E-state index is 0.0276. The summed E-state index contributed by atoms with van der Waals surface area (Å²) in [5.41, 5.74) is 2.09. The van der Waals surface area contributed by atoms with Crippen LogP contribution in [0, 0.1) is 0 Å². The number of nitrogens with one attached hydrogen (secondary N) is 1. The molecule has 1 unspecified atom stereocenters. The van der Waals surface area contributed by atoms with Gasteiger partial charge in [-0.3, -0.25) is 4.90 Å². The van der Waals surface area contributed by atoms with Crippen LogP contribution in [-0.2, 0) is 0 Å². The molecule has 0 aromatic heterocycles. The SMILES string of the molecule is CN1CCN(C(=O)Nc2ccccc2)CC1c1ccccc1. The number of likely N-dealkylation sites (N-methyl/N-ethyl adjacent to an activating group) is 1. The highest BCUT2D eigenvalue weighted by Gasteiger charge is 2.28. The largest absolute Gasteiger partial charge is 0.321 e. The monoisotopic (exact) mass is 295 g/mol. The average Bonchev–Trinajstić information content (AvgIpc) is 2.57. The normalized spacial score (nSPS) is 19.0. The molecule has 0 aliphatic carbocycles. The van der Waals surface area contributed by atoms with Gasteiger partial charge in [-0.1, -0.05) is 48.5 Å². The van der Waals surface area contributed by atoms with E-state index in [1.54, 1.807) is 0 Å². The molecule has 2 aromatic rings. The second-order valence-corrected chi connectivity index (χ2v) is 5.65. The van der Waals surface area contributed by atoms with E-state index in [0.29, 0.717) is 6.54 Å². The summed E-state index contributed by atoms with van der Waals surface area (Å²) in [6.45, 7) is 2.33. The van der Waals surface area contributed by atoms with Gasteiger partial charge in [0.2, 0.25) is 0 Å². The third kappa shape index (κ3) is 3.28. The number of hydrogen-bond donors (Lipinski definition) is 1. The molecule has 1 heterocycles. The zero-order chi connectivity index (χ0) is 15.4. The number of carbonyl (C=O) groups excluding carboxylic acids is 1. The molecular weight excluding hydrogens is 274 g/mol. The molecule has 0 spiro atoms. The highest BCUT2D eigenvalue weighted by atomic mass is 16.2. The van der Waals surface area contributed by atoms with Crippen molar-refractivity contribution in [2.24, 2.45) is 0 Å². The number of hydrogen-bond acceptors (Lipinski definition) is 2. The molecular formula is C18H21N3O. The number of benzene rings is 2. The van der Waals surface area contributed by atoms with Crippen LogP contribution in [0.5, 0.6) is 0 Å². The first-order chi connectivity index (χ1) is 10.7. The highest BCUT2D eigenvalue weighted by molar-refractivity contribution is 5.89. The number of nitrogens with zero attached hydrogens (tertiary/aromatic N) is 2. The second kappa shape index (κ2) is 6.62. The van der Waals surface area contributed by atoms with Crippen molar-refractivity contribution in [3.8, 4) is 0 Å². The fraction of sp³-hybridized carbons (Fsp3) is 0.278. The first kappa shape index (κ1) is 14.6. The van der Waals surface area contributed by atoms with E-state index < -0.39 is 0 Å². The van der Waals surface area contributed by atoms with Gasteiger partial charge in [0.15, 0.2) is 0 Å². The number of amides is 2. The molecule has 1 N–H and O–H groups in total. The van der Waals surface area contributed by atoms with Crippen molar-refractivity contribution in [3.05, 3.63) is 66.2 Å². The number of anilines is 1. The van der Waals surface area contributed by atoms with Crippen LogP contribution in [0.15, 0.2) is 60.7 Å². The maximum Gasteiger partial charge on any atom is 0.321 e. The highest BCUT2D eigenvalue weighted by Crippen LogP contribution is 2.24. The van der Waals surface area contributed by atoms with Gasteiger partial charge in [-0.05, 0) is 24.7 Å². The van der Waals surface area contributed by atoms with Gasteiger partial charge in [-0.25, -0.2) is 4.79 Å². The summed E-state index contributed by atoms with van der Waals surface area (Å²) in [5.74, 6) is 0. The lowest BCUT2D eigenvalue weighted by Crippen LogP contribution is -2.50. The summed E-state index contributed by atoms with van der Waals surface area (Å²) in [6.07, 6.45) is 0. The van der Waals surface area contributed by atoms with Gasteiger partial charge in [0, 0.05) is 25.3 Å². The number of para-hydroxylation sites is 1. The van der Waals surface area contributed by atoms with Gasteiger partial charge in [-0.15, -0.1) is 0 Å². The Morgan fingerprint density at radius 2 is 1.64 bits per heavy atom. The third-order valence-corrected chi connectivity index (χ3v) is 4.14. The molecule has 1 atom stereocenters. The van der Waals surface area contributed by atoms with Crippen LogP contribution in [-0.4, -0.2) is 42.5 Å². The summed E-state index contributed by atoms with van der Waals surface area (Å²) >= 11 is 0. The third-order valence-electron chi connectivity index (χ3n) is 4.14. The van der Waals surface area contributed by atoms with Crippen LogP contribution in [0.2, 0.25) is 0 Å². The number of urea groups is 1. The van der Waals surface area contributed by atoms with Crippen LogP contribution in [0.1, 0.15) is 11.6 Å². The molecule has 4 heteroatoms. The molecule has 0 saturated carbocycles. The lowest BCUT2D eigenvalue weighted by atomic mass is 10.0. The van der Waals surface area contributed by atoms with Crippen LogP contribution < -0.4 is 5.32 Å². The Balaban J connectivity index is 1.69. The Labute approximate surface area is 131 Å². The van der Waals surface area contributed by atoms with Crippen molar-refractivity contribution in [2.75, 3.05) is 32.0 Å². The van der Waals surface area contributed by atoms with Gasteiger partial charge >= 0.3 is 6.03 Å². The Morgan fingerprint density at radius 1 is 1.00 bits per heavy atom. The predicted octanol–water partition coefficient (Wildman–Crippen LogP) is 3.21. The van der Waals surface area contributed by atoms with E-state index in [1.807, 2.05) is 53.4 Å². The molecule has 1 fully saturated rings. The minimum Gasteiger partial charge on any atom is -0.321 e. The van der Waals surface area contributed by atoms with Crippen molar-refractivity contribution in [2.45, 2.75) is 6.04 Å². The molecule has 3 rings (SSSR count). The number of piperazine rings is 1. The van der Waals surface area contributed by atoms with Crippen molar-refractivity contribution >= 4 is 11.7 Å². The van der Waals surface area contributed by atoms with E-state index in [0.717, 1.165) is 18.8 Å². The lowest BCUT2D eigenvalue weighted by molar-refractivity contribution is 0.116. The molecule has 2 amide bonds. The van der Waals surface area contributed by atoms with E-state index in [-0.39, 0.29) is 12.1 Å². The Bertz CT molecular complexity index is 615. The van der Waals surface area contributed by atoms with E-state index in [1.165, 1.54) is 5.56 Å². The topological polar surface area (TPSA) is 35.6 Å². The van der Waals surface area contributed by atoms with Gasteiger partial charge in [0.1, 0.15) is 0 Å². The van der Waals surface area contributed by atoms with E-state index >= 15 is 0 Å². The summed E-state index contributed by atoms with van der Waals surface area (Å²) in [5, 5.41) is 2.97. The van der Waals surface area contributed by atoms with Gasteiger partial charge in [0.25, 0.3) is 0 Å². The molecule has 114 valence electrons. The maximum absolute atomic E-state index is 12.4. The molecule has 22 heavy (non-hydrogen) atoms.